The number of aliphatic hydroxyl groups excluding tert-OH is 1. The first-order chi connectivity index (χ1) is 10.5. The second-order valence-corrected chi connectivity index (χ2v) is 8.75. The molecule has 0 saturated heterocycles. The molecule has 0 radical (unpaired) electrons. The first kappa shape index (κ1) is 14.7. The van der Waals surface area contributed by atoms with E-state index in [2.05, 4.69) is 49.3 Å². The van der Waals surface area contributed by atoms with E-state index in [4.69, 9.17) is 0 Å². The van der Waals surface area contributed by atoms with Gasteiger partial charge in [0.2, 0.25) is 0 Å². The molecule has 5 rings (SSSR count). The van der Waals surface area contributed by atoms with E-state index in [1.165, 1.54) is 44.1 Å². The summed E-state index contributed by atoms with van der Waals surface area (Å²) in [5, 5.41) is 11.0. The summed E-state index contributed by atoms with van der Waals surface area (Å²) in [6.45, 7) is 0.810. The van der Waals surface area contributed by atoms with E-state index in [-0.39, 0.29) is 11.5 Å². The van der Waals surface area contributed by atoms with Gasteiger partial charge in [0.1, 0.15) is 0 Å². The van der Waals surface area contributed by atoms with E-state index in [9.17, 15) is 5.11 Å². The van der Waals surface area contributed by atoms with Crippen LogP contribution in [0.3, 0.4) is 0 Å². The molecule has 0 spiro atoms. The molecule has 22 heavy (non-hydrogen) atoms. The van der Waals surface area contributed by atoms with Crippen LogP contribution in [0.1, 0.15) is 44.1 Å². The van der Waals surface area contributed by atoms with Gasteiger partial charge in [-0.2, -0.15) is 0 Å². The SMILES string of the molecule is CN(C)C[C@H](O)C12C[C@@H]3C[C@@H](CC(c4ccccc4)(C3)C1)C2. The van der Waals surface area contributed by atoms with Gasteiger partial charge in [-0.1, -0.05) is 30.3 Å². The molecule has 1 N–H and O–H groups in total. The van der Waals surface area contributed by atoms with Gasteiger partial charge in [0.25, 0.3) is 0 Å². The number of hydrogen-bond donors (Lipinski definition) is 1. The Morgan fingerprint density at radius 2 is 1.73 bits per heavy atom. The van der Waals surface area contributed by atoms with Crippen LogP contribution < -0.4 is 0 Å². The molecule has 5 atom stereocenters. The summed E-state index contributed by atoms with van der Waals surface area (Å²) < 4.78 is 0. The molecule has 0 aliphatic heterocycles. The third-order valence-electron chi connectivity index (χ3n) is 6.74. The van der Waals surface area contributed by atoms with E-state index in [1.54, 1.807) is 0 Å². The van der Waals surface area contributed by atoms with Crippen LogP contribution in [0.25, 0.3) is 0 Å². The first-order valence-electron chi connectivity index (χ1n) is 8.90. The monoisotopic (exact) mass is 299 g/mol. The summed E-state index contributed by atoms with van der Waals surface area (Å²) in [4.78, 5) is 2.15. The van der Waals surface area contributed by atoms with Crippen LogP contribution in [0, 0.1) is 17.3 Å². The summed E-state index contributed by atoms with van der Waals surface area (Å²) in [6.07, 6.45) is 7.65. The number of rotatable bonds is 4. The lowest BCUT2D eigenvalue weighted by Crippen LogP contribution is -2.59. The summed E-state index contributed by atoms with van der Waals surface area (Å²) in [6, 6.07) is 11.2. The molecule has 0 aromatic heterocycles. The zero-order valence-corrected chi connectivity index (χ0v) is 14.0. The van der Waals surface area contributed by atoms with Crippen molar-refractivity contribution in [2.45, 2.75) is 50.0 Å². The molecule has 120 valence electrons. The van der Waals surface area contributed by atoms with Gasteiger partial charge in [-0.25, -0.2) is 0 Å². The Bertz CT molecular complexity index is 524. The summed E-state index contributed by atoms with van der Waals surface area (Å²) >= 11 is 0. The molecule has 4 bridgehead atoms. The molecule has 4 aliphatic rings. The highest BCUT2D eigenvalue weighted by Gasteiger charge is 2.60. The van der Waals surface area contributed by atoms with Gasteiger partial charge in [-0.3, -0.25) is 0 Å². The van der Waals surface area contributed by atoms with Gasteiger partial charge in [-0.15, -0.1) is 0 Å². The van der Waals surface area contributed by atoms with E-state index in [1.807, 2.05) is 0 Å². The van der Waals surface area contributed by atoms with Crippen LogP contribution >= 0.6 is 0 Å². The fourth-order valence-electron chi connectivity index (χ4n) is 6.39. The van der Waals surface area contributed by atoms with Crippen molar-refractivity contribution in [2.24, 2.45) is 17.3 Å². The van der Waals surface area contributed by atoms with Gasteiger partial charge in [0, 0.05) is 6.54 Å². The molecule has 2 nitrogen and oxygen atoms in total. The average Bonchev–Trinajstić information content (AvgIpc) is 2.46. The average molecular weight is 299 g/mol. The van der Waals surface area contributed by atoms with Crippen molar-refractivity contribution in [1.82, 2.24) is 4.90 Å². The highest BCUT2D eigenvalue weighted by molar-refractivity contribution is 5.30. The lowest BCUT2D eigenvalue weighted by Gasteiger charge is -2.64. The fraction of sp³-hybridized carbons (Fsp3) is 0.700. The maximum Gasteiger partial charge on any atom is 0.0723 e. The highest BCUT2D eigenvalue weighted by atomic mass is 16.3. The van der Waals surface area contributed by atoms with Crippen LogP contribution in [0.5, 0.6) is 0 Å². The topological polar surface area (TPSA) is 23.5 Å². The van der Waals surface area contributed by atoms with Gasteiger partial charge in [0.05, 0.1) is 6.10 Å². The Kier molecular flexibility index (Phi) is 3.39. The van der Waals surface area contributed by atoms with Crippen LogP contribution in [-0.4, -0.2) is 36.8 Å². The van der Waals surface area contributed by atoms with Gasteiger partial charge in [0.15, 0.2) is 0 Å². The summed E-state index contributed by atoms with van der Waals surface area (Å²) in [7, 11) is 4.16. The molecule has 2 heteroatoms. The Balaban J connectivity index is 1.69. The van der Waals surface area contributed by atoms with Crippen molar-refractivity contribution >= 4 is 0 Å². The Morgan fingerprint density at radius 3 is 2.32 bits per heavy atom. The molecule has 4 saturated carbocycles. The van der Waals surface area contributed by atoms with Crippen molar-refractivity contribution < 1.29 is 5.11 Å². The molecule has 1 aromatic rings. The maximum atomic E-state index is 11.0. The first-order valence-corrected chi connectivity index (χ1v) is 8.90. The Labute approximate surface area is 134 Å². The molecule has 2 unspecified atom stereocenters. The molecular weight excluding hydrogens is 270 g/mol. The number of aliphatic hydroxyl groups is 1. The second kappa shape index (κ2) is 5.07. The number of hydrogen-bond acceptors (Lipinski definition) is 2. The number of benzene rings is 1. The minimum absolute atomic E-state index is 0.170. The summed E-state index contributed by atoms with van der Waals surface area (Å²) in [5.74, 6) is 1.66. The van der Waals surface area contributed by atoms with E-state index >= 15 is 0 Å². The minimum Gasteiger partial charge on any atom is -0.391 e. The predicted octanol–water partition coefficient (Wildman–Crippen LogP) is 3.45. The van der Waals surface area contributed by atoms with E-state index < -0.39 is 0 Å². The third kappa shape index (κ3) is 2.23. The van der Waals surface area contributed by atoms with Crippen molar-refractivity contribution in [3.05, 3.63) is 35.9 Å². The fourth-order valence-corrected chi connectivity index (χ4v) is 6.39. The predicted molar refractivity (Wildman–Crippen MR) is 89.8 cm³/mol. The van der Waals surface area contributed by atoms with Gasteiger partial charge < -0.3 is 10.0 Å². The Hall–Kier alpha value is -0.860. The number of nitrogens with zero attached hydrogens (tertiary/aromatic N) is 1. The van der Waals surface area contributed by atoms with Crippen molar-refractivity contribution in [3.8, 4) is 0 Å². The van der Waals surface area contributed by atoms with Crippen molar-refractivity contribution in [2.75, 3.05) is 20.6 Å². The molecule has 4 aliphatic carbocycles. The molecule has 4 fully saturated rings. The zero-order valence-electron chi connectivity index (χ0n) is 14.0. The largest absolute Gasteiger partial charge is 0.391 e. The maximum absolute atomic E-state index is 11.0. The second-order valence-electron chi connectivity index (χ2n) is 8.75. The zero-order chi connectivity index (χ0) is 15.4. The minimum atomic E-state index is -0.170. The van der Waals surface area contributed by atoms with Crippen LogP contribution in [0.4, 0.5) is 0 Å². The third-order valence-corrected chi connectivity index (χ3v) is 6.74. The molecule has 0 heterocycles. The number of likely N-dealkylation sites (N-methyl/N-ethyl adjacent to an activating group) is 1. The van der Waals surface area contributed by atoms with E-state index in [0.29, 0.717) is 5.41 Å². The molecule has 0 amide bonds. The lowest BCUT2D eigenvalue weighted by molar-refractivity contribution is -0.136. The molecular formula is C20H29NO. The highest BCUT2D eigenvalue weighted by Crippen LogP contribution is 2.66. The van der Waals surface area contributed by atoms with Crippen molar-refractivity contribution in [3.63, 3.8) is 0 Å². The van der Waals surface area contributed by atoms with Gasteiger partial charge in [-0.05, 0) is 80.8 Å². The smallest absolute Gasteiger partial charge is 0.0723 e. The summed E-state index contributed by atoms with van der Waals surface area (Å²) in [5.41, 5.74) is 2.05. The lowest BCUT2D eigenvalue weighted by atomic mass is 9.42. The van der Waals surface area contributed by atoms with Crippen LogP contribution in [-0.2, 0) is 5.41 Å². The van der Waals surface area contributed by atoms with Crippen LogP contribution in [0.2, 0.25) is 0 Å². The van der Waals surface area contributed by atoms with Crippen LogP contribution in [0.15, 0.2) is 30.3 Å². The quantitative estimate of drug-likeness (QED) is 0.920. The van der Waals surface area contributed by atoms with Crippen molar-refractivity contribution in [1.29, 1.82) is 0 Å². The standard InChI is InChI=1S/C20H29NO/c1-21(2)13-18(22)20-11-15-8-16(12-20)10-19(9-15,14-20)17-6-4-3-5-7-17/h3-7,15-16,18,22H,8-14H2,1-2H3/t15-,16+,18-,19?,20?/m0/s1. The van der Waals surface area contributed by atoms with E-state index in [0.717, 1.165) is 18.4 Å². The Morgan fingerprint density at radius 1 is 1.09 bits per heavy atom. The normalized spacial score (nSPS) is 41.1. The van der Waals surface area contributed by atoms with Gasteiger partial charge >= 0.3 is 0 Å². The molecule has 1 aromatic carbocycles.